The zero-order valence-electron chi connectivity index (χ0n) is 7.99. The maximum atomic E-state index is 10.7. The van der Waals surface area contributed by atoms with Gasteiger partial charge in [0.25, 0.3) is 0 Å². The lowest BCUT2D eigenvalue weighted by Gasteiger charge is -2.26. The van der Waals surface area contributed by atoms with Gasteiger partial charge < -0.3 is 9.80 Å². The number of rotatable bonds is 2. The van der Waals surface area contributed by atoms with Crippen molar-refractivity contribution in [3.63, 3.8) is 0 Å². The maximum Gasteiger partial charge on any atom is 0.209 e. The van der Waals surface area contributed by atoms with E-state index in [1.165, 1.54) is 0 Å². The normalized spacial score (nSPS) is 26.8. The summed E-state index contributed by atoms with van der Waals surface area (Å²) >= 11 is 0. The third-order valence-corrected chi connectivity index (χ3v) is 2.55. The summed E-state index contributed by atoms with van der Waals surface area (Å²) in [5.74, 6) is 0. The third-order valence-electron chi connectivity index (χ3n) is 2.55. The summed E-state index contributed by atoms with van der Waals surface area (Å²) in [7, 11) is 2.12. The Bertz CT molecular complexity index is 149. The molecule has 1 unspecified atom stereocenters. The predicted molar refractivity (Wildman–Crippen MR) is 49.0 cm³/mol. The molecule has 0 N–H and O–H groups in total. The van der Waals surface area contributed by atoms with E-state index in [2.05, 4.69) is 18.9 Å². The Balaban J connectivity index is 2.55. The van der Waals surface area contributed by atoms with Crippen molar-refractivity contribution in [2.75, 3.05) is 26.7 Å². The van der Waals surface area contributed by atoms with Gasteiger partial charge in [-0.1, -0.05) is 6.92 Å². The first-order valence-electron chi connectivity index (χ1n) is 4.67. The first-order valence-corrected chi connectivity index (χ1v) is 4.67. The minimum atomic E-state index is 0.426. The SMILES string of the molecule is CCC1CN(C)CCCN1C=O. The number of hydrogen-bond donors (Lipinski definition) is 0. The molecule has 0 aliphatic carbocycles. The Morgan fingerprint density at radius 2 is 2.25 bits per heavy atom. The second-order valence-electron chi connectivity index (χ2n) is 3.52. The molecule has 1 atom stereocenters. The van der Waals surface area contributed by atoms with Crippen LogP contribution in [0.15, 0.2) is 0 Å². The highest BCUT2D eigenvalue weighted by Crippen LogP contribution is 2.09. The molecule has 1 heterocycles. The summed E-state index contributed by atoms with van der Waals surface area (Å²) in [4.78, 5) is 14.9. The monoisotopic (exact) mass is 170 g/mol. The lowest BCUT2D eigenvalue weighted by atomic mass is 10.2. The molecule has 0 aromatic rings. The van der Waals surface area contributed by atoms with Crippen LogP contribution in [0.4, 0.5) is 0 Å². The highest BCUT2D eigenvalue weighted by Gasteiger charge is 2.19. The van der Waals surface area contributed by atoms with Crippen LogP contribution in [0, 0.1) is 0 Å². The van der Waals surface area contributed by atoms with Crippen LogP contribution < -0.4 is 0 Å². The second kappa shape index (κ2) is 4.45. The zero-order valence-corrected chi connectivity index (χ0v) is 7.99. The minimum Gasteiger partial charge on any atom is -0.341 e. The van der Waals surface area contributed by atoms with E-state index in [0.717, 1.165) is 38.9 Å². The summed E-state index contributed by atoms with van der Waals surface area (Å²) < 4.78 is 0. The van der Waals surface area contributed by atoms with Crippen molar-refractivity contribution >= 4 is 6.41 Å². The van der Waals surface area contributed by atoms with Gasteiger partial charge >= 0.3 is 0 Å². The van der Waals surface area contributed by atoms with Gasteiger partial charge in [-0.25, -0.2) is 0 Å². The molecule has 1 aliphatic rings. The van der Waals surface area contributed by atoms with Crippen LogP contribution in [0.5, 0.6) is 0 Å². The van der Waals surface area contributed by atoms with Gasteiger partial charge in [0, 0.05) is 19.1 Å². The highest BCUT2D eigenvalue weighted by molar-refractivity contribution is 5.47. The van der Waals surface area contributed by atoms with E-state index in [1.807, 2.05) is 4.90 Å². The molecule has 0 saturated carbocycles. The van der Waals surface area contributed by atoms with Crippen LogP contribution in [0.2, 0.25) is 0 Å². The number of carbonyl (C=O) groups excluding carboxylic acids is 1. The Kier molecular flexibility index (Phi) is 3.53. The molecule has 3 nitrogen and oxygen atoms in total. The molecule has 0 bridgehead atoms. The number of carbonyl (C=O) groups is 1. The Morgan fingerprint density at radius 3 is 2.83 bits per heavy atom. The van der Waals surface area contributed by atoms with Crippen molar-refractivity contribution in [2.45, 2.75) is 25.8 Å². The second-order valence-corrected chi connectivity index (χ2v) is 3.52. The number of hydrogen-bond acceptors (Lipinski definition) is 2. The van der Waals surface area contributed by atoms with Gasteiger partial charge in [0.05, 0.1) is 0 Å². The van der Waals surface area contributed by atoms with Crippen LogP contribution >= 0.6 is 0 Å². The van der Waals surface area contributed by atoms with Gasteiger partial charge in [-0.2, -0.15) is 0 Å². The van der Waals surface area contributed by atoms with E-state index in [4.69, 9.17) is 0 Å². The van der Waals surface area contributed by atoms with Gasteiger partial charge in [0.1, 0.15) is 0 Å². The number of nitrogens with zero attached hydrogens (tertiary/aromatic N) is 2. The van der Waals surface area contributed by atoms with E-state index in [0.29, 0.717) is 6.04 Å². The fraction of sp³-hybridized carbons (Fsp3) is 0.889. The summed E-state index contributed by atoms with van der Waals surface area (Å²) in [6.07, 6.45) is 3.15. The van der Waals surface area contributed by atoms with Crippen LogP contribution in [0.25, 0.3) is 0 Å². The predicted octanol–water partition coefficient (Wildman–Crippen LogP) is 0.559. The summed E-state index contributed by atoms with van der Waals surface area (Å²) in [6, 6.07) is 0.426. The van der Waals surface area contributed by atoms with Gasteiger partial charge in [0.15, 0.2) is 0 Å². The quantitative estimate of drug-likeness (QED) is 0.565. The van der Waals surface area contributed by atoms with Crippen molar-refractivity contribution in [3.8, 4) is 0 Å². The number of amides is 1. The number of likely N-dealkylation sites (N-methyl/N-ethyl adjacent to an activating group) is 1. The van der Waals surface area contributed by atoms with Gasteiger partial charge in [-0.15, -0.1) is 0 Å². The average Bonchev–Trinajstić information content (AvgIpc) is 2.26. The molecule has 1 fully saturated rings. The Morgan fingerprint density at radius 1 is 1.50 bits per heavy atom. The molecule has 70 valence electrons. The van der Waals surface area contributed by atoms with Crippen molar-refractivity contribution in [2.24, 2.45) is 0 Å². The van der Waals surface area contributed by atoms with Gasteiger partial charge in [-0.3, -0.25) is 4.79 Å². The zero-order chi connectivity index (χ0) is 8.97. The smallest absolute Gasteiger partial charge is 0.209 e. The van der Waals surface area contributed by atoms with Crippen molar-refractivity contribution in [1.82, 2.24) is 9.80 Å². The molecule has 0 aromatic carbocycles. The van der Waals surface area contributed by atoms with Gasteiger partial charge in [0.2, 0.25) is 6.41 Å². The minimum absolute atomic E-state index is 0.426. The van der Waals surface area contributed by atoms with Crippen molar-refractivity contribution in [1.29, 1.82) is 0 Å². The van der Waals surface area contributed by atoms with Crippen LogP contribution in [-0.4, -0.2) is 48.9 Å². The average molecular weight is 170 g/mol. The summed E-state index contributed by atoms with van der Waals surface area (Å²) in [5, 5.41) is 0. The summed E-state index contributed by atoms with van der Waals surface area (Å²) in [6.45, 7) is 5.20. The van der Waals surface area contributed by atoms with Crippen LogP contribution in [0.3, 0.4) is 0 Å². The Labute approximate surface area is 74.3 Å². The first-order chi connectivity index (χ1) is 5.77. The van der Waals surface area contributed by atoms with E-state index in [1.54, 1.807) is 0 Å². The largest absolute Gasteiger partial charge is 0.341 e. The topological polar surface area (TPSA) is 23.6 Å². The maximum absolute atomic E-state index is 10.7. The lowest BCUT2D eigenvalue weighted by Crippen LogP contribution is -2.38. The fourth-order valence-corrected chi connectivity index (χ4v) is 1.76. The third kappa shape index (κ3) is 2.21. The molecule has 1 saturated heterocycles. The fourth-order valence-electron chi connectivity index (χ4n) is 1.76. The molecule has 1 aliphatic heterocycles. The molecule has 12 heavy (non-hydrogen) atoms. The van der Waals surface area contributed by atoms with E-state index in [9.17, 15) is 4.79 Å². The van der Waals surface area contributed by atoms with E-state index >= 15 is 0 Å². The van der Waals surface area contributed by atoms with Crippen molar-refractivity contribution < 1.29 is 4.79 Å². The Hall–Kier alpha value is -0.570. The van der Waals surface area contributed by atoms with Crippen LogP contribution in [-0.2, 0) is 4.79 Å². The molecule has 0 spiro atoms. The molecule has 0 aromatic heterocycles. The molecule has 1 rings (SSSR count). The highest BCUT2D eigenvalue weighted by atomic mass is 16.1. The molecule has 1 amide bonds. The molecular formula is C9H18N2O. The van der Waals surface area contributed by atoms with Crippen molar-refractivity contribution in [3.05, 3.63) is 0 Å². The summed E-state index contributed by atoms with van der Waals surface area (Å²) in [5.41, 5.74) is 0. The molecular weight excluding hydrogens is 152 g/mol. The first kappa shape index (κ1) is 9.52. The molecule has 0 radical (unpaired) electrons. The lowest BCUT2D eigenvalue weighted by molar-refractivity contribution is -0.120. The standard InChI is InChI=1S/C9H18N2O/c1-3-9-7-10(2)5-4-6-11(9)8-12/h8-9H,3-7H2,1-2H3. The van der Waals surface area contributed by atoms with E-state index in [-0.39, 0.29) is 0 Å². The van der Waals surface area contributed by atoms with E-state index < -0.39 is 0 Å². The van der Waals surface area contributed by atoms with Gasteiger partial charge in [-0.05, 0) is 26.4 Å². The van der Waals surface area contributed by atoms with Crippen LogP contribution in [0.1, 0.15) is 19.8 Å². The molecule has 3 heteroatoms.